The van der Waals surface area contributed by atoms with E-state index in [4.69, 9.17) is 21.3 Å². The van der Waals surface area contributed by atoms with Gasteiger partial charge >= 0.3 is 0 Å². The van der Waals surface area contributed by atoms with Crippen LogP contribution in [0, 0.1) is 0 Å². The Hall–Kier alpha value is -3.68. The van der Waals surface area contributed by atoms with Gasteiger partial charge in [-0.1, -0.05) is 29.8 Å². The van der Waals surface area contributed by atoms with Crippen LogP contribution < -0.4 is 4.74 Å². The van der Waals surface area contributed by atoms with E-state index in [1.54, 1.807) is 25.6 Å². The van der Waals surface area contributed by atoms with Gasteiger partial charge in [0, 0.05) is 35.3 Å². The van der Waals surface area contributed by atoms with Crippen LogP contribution in [-0.2, 0) is 9.84 Å². The average Bonchev–Trinajstić information content (AvgIpc) is 3.28. The van der Waals surface area contributed by atoms with Crippen molar-refractivity contribution in [3.63, 3.8) is 0 Å². The summed E-state index contributed by atoms with van der Waals surface area (Å²) >= 11 is 6.48. The summed E-state index contributed by atoms with van der Waals surface area (Å²) in [6.07, 6.45) is 4.60. The third-order valence-electron chi connectivity index (χ3n) is 5.62. The number of hydrogen-bond donors (Lipinski definition) is 1. The molecule has 1 N–H and O–H groups in total. The number of benzene rings is 3. The minimum Gasteiger partial charge on any atom is -0.497 e. The van der Waals surface area contributed by atoms with Gasteiger partial charge in [-0.05, 0) is 59.3 Å². The van der Waals surface area contributed by atoms with Gasteiger partial charge in [0.25, 0.3) is 0 Å². The molecule has 2 heterocycles. The van der Waals surface area contributed by atoms with Crippen LogP contribution in [-0.4, -0.2) is 36.7 Å². The second-order valence-electron chi connectivity index (χ2n) is 7.89. The predicted octanol–water partition coefficient (Wildman–Crippen LogP) is 6.02. The average molecular weight is 490 g/mol. The molecule has 0 bridgehead atoms. The Bertz CT molecular complexity index is 1630. The molecule has 0 aliphatic rings. The number of pyridine rings is 1. The number of aromatic amines is 1. The molecule has 5 aromatic rings. The monoisotopic (exact) mass is 489 g/mol. The third-order valence-corrected chi connectivity index (χ3v) is 7.04. The van der Waals surface area contributed by atoms with E-state index in [0.29, 0.717) is 16.4 Å². The fraction of sp³-hybridized carbons (Fsp3) is 0.0769. The first-order valence-corrected chi connectivity index (χ1v) is 12.7. The fourth-order valence-corrected chi connectivity index (χ4v) is 4.84. The van der Waals surface area contributed by atoms with Crippen molar-refractivity contribution in [3.05, 3.63) is 84.1 Å². The van der Waals surface area contributed by atoms with Crippen molar-refractivity contribution in [2.75, 3.05) is 13.4 Å². The van der Waals surface area contributed by atoms with Crippen LogP contribution in [0.1, 0.15) is 0 Å². The number of H-pyrrole nitrogens is 1. The number of ether oxygens (including phenoxy) is 1. The van der Waals surface area contributed by atoms with E-state index in [1.807, 2.05) is 42.5 Å². The van der Waals surface area contributed by atoms with E-state index in [9.17, 15) is 8.42 Å². The summed E-state index contributed by atoms with van der Waals surface area (Å²) in [6, 6.07) is 20.5. The van der Waals surface area contributed by atoms with Crippen molar-refractivity contribution in [3.8, 4) is 39.7 Å². The highest BCUT2D eigenvalue weighted by atomic mass is 35.5. The molecule has 0 radical (unpaired) electrons. The normalized spacial score (nSPS) is 11.6. The number of imidazole rings is 1. The maximum absolute atomic E-state index is 11.9. The largest absolute Gasteiger partial charge is 0.497 e. The number of halogens is 1. The number of hydrogen-bond acceptors (Lipinski definition) is 5. The van der Waals surface area contributed by atoms with Crippen LogP contribution in [0.2, 0.25) is 5.02 Å². The SMILES string of the molecule is COc1ccc2cc(-c3nc(-c4ccc(S(C)(=O)=O)cc4Cl)[nH]c3-c3ccncc3)ccc2c1. The summed E-state index contributed by atoms with van der Waals surface area (Å²) in [7, 11) is -1.72. The molecule has 34 heavy (non-hydrogen) atoms. The lowest BCUT2D eigenvalue weighted by atomic mass is 10.0. The lowest BCUT2D eigenvalue weighted by Gasteiger charge is -2.06. The Morgan fingerprint density at radius 3 is 2.32 bits per heavy atom. The number of rotatable bonds is 5. The zero-order chi connectivity index (χ0) is 23.9. The molecule has 5 rings (SSSR count). The molecule has 0 fully saturated rings. The number of sulfone groups is 1. The molecule has 0 aliphatic carbocycles. The molecular formula is C26H20ClN3O3S. The minimum atomic E-state index is -3.37. The molecule has 0 amide bonds. The van der Waals surface area contributed by atoms with Gasteiger partial charge in [0.1, 0.15) is 11.6 Å². The van der Waals surface area contributed by atoms with Crippen LogP contribution in [0.25, 0.3) is 44.7 Å². The van der Waals surface area contributed by atoms with Crippen molar-refractivity contribution in [2.45, 2.75) is 4.90 Å². The van der Waals surface area contributed by atoms with Gasteiger partial charge in [0.2, 0.25) is 0 Å². The molecule has 0 atom stereocenters. The summed E-state index contributed by atoms with van der Waals surface area (Å²) in [6.45, 7) is 0. The molecule has 0 spiro atoms. The van der Waals surface area contributed by atoms with Gasteiger partial charge in [-0.25, -0.2) is 13.4 Å². The van der Waals surface area contributed by atoms with Crippen LogP contribution in [0.15, 0.2) is 84.0 Å². The Labute approximate surface area is 202 Å². The number of methoxy groups -OCH3 is 1. The summed E-state index contributed by atoms with van der Waals surface area (Å²) in [4.78, 5) is 12.5. The molecule has 0 saturated heterocycles. The molecule has 0 saturated carbocycles. The zero-order valence-corrected chi connectivity index (χ0v) is 20.0. The smallest absolute Gasteiger partial charge is 0.175 e. The summed E-state index contributed by atoms with van der Waals surface area (Å²) < 4.78 is 29.2. The Morgan fingerprint density at radius 1 is 0.882 bits per heavy atom. The van der Waals surface area contributed by atoms with Gasteiger partial charge < -0.3 is 9.72 Å². The molecule has 6 nitrogen and oxygen atoms in total. The predicted molar refractivity (Wildman–Crippen MR) is 135 cm³/mol. The third kappa shape index (κ3) is 4.16. The molecule has 2 aromatic heterocycles. The van der Waals surface area contributed by atoms with E-state index in [-0.39, 0.29) is 4.90 Å². The lowest BCUT2D eigenvalue weighted by molar-refractivity contribution is 0.415. The lowest BCUT2D eigenvalue weighted by Crippen LogP contribution is -1.97. The first-order chi connectivity index (χ1) is 16.3. The Morgan fingerprint density at radius 2 is 1.62 bits per heavy atom. The Balaban J connectivity index is 1.68. The molecule has 3 aromatic carbocycles. The van der Waals surface area contributed by atoms with Crippen molar-refractivity contribution in [2.24, 2.45) is 0 Å². The maximum Gasteiger partial charge on any atom is 0.175 e. The molecular weight excluding hydrogens is 470 g/mol. The summed E-state index contributed by atoms with van der Waals surface area (Å²) in [5.41, 5.74) is 4.02. The highest BCUT2D eigenvalue weighted by Gasteiger charge is 2.18. The molecule has 8 heteroatoms. The highest BCUT2D eigenvalue weighted by Crippen LogP contribution is 2.37. The number of nitrogens with zero attached hydrogens (tertiary/aromatic N) is 2. The van der Waals surface area contributed by atoms with Crippen molar-refractivity contribution in [1.29, 1.82) is 0 Å². The van der Waals surface area contributed by atoms with E-state index < -0.39 is 9.84 Å². The molecule has 0 aliphatic heterocycles. The van der Waals surface area contributed by atoms with Crippen LogP contribution >= 0.6 is 11.6 Å². The summed E-state index contributed by atoms with van der Waals surface area (Å²) in [5.74, 6) is 1.34. The van der Waals surface area contributed by atoms with E-state index in [0.717, 1.165) is 45.3 Å². The van der Waals surface area contributed by atoms with Crippen LogP contribution in [0.3, 0.4) is 0 Å². The molecule has 170 valence electrons. The van der Waals surface area contributed by atoms with E-state index in [2.05, 4.69) is 16.0 Å². The van der Waals surface area contributed by atoms with Crippen LogP contribution in [0.4, 0.5) is 0 Å². The quantitative estimate of drug-likeness (QED) is 0.326. The van der Waals surface area contributed by atoms with Gasteiger partial charge in [-0.3, -0.25) is 4.98 Å². The second-order valence-corrected chi connectivity index (χ2v) is 10.3. The van der Waals surface area contributed by atoms with Gasteiger partial charge in [0.05, 0.1) is 28.4 Å². The van der Waals surface area contributed by atoms with Gasteiger partial charge in [0.15, 0.2) is 9.84 Å². The first kappa shape index (κ1) is 22.1. The minimum absolute atomic E-state index is 0.160. The highest BCUT2D eigenvalue weighted by molar-refractivity contribution is 7.90. The van der Waals surface area contributed by atoms with Gasteiger partial charge in [-0.2, -0.15) is 0 Å². The Kier molecular flexibility index (Phi) is 5.59. The molecule has 0 unspecified atom stereocenters. The topological polar surface area (TPSA) is 84.9 Å². The fourth-order valence-electron chi connectivity index (χ4n) is 3.85. The first-order valence-electron chi connectivity index (χ1n) is 10.4. The number of aromatic nitrogens is 3. The van der Waals surface area contributed by atoms with E-state index >= 15 is 0 Å². The zero-order valence-electron chi connectivity index (χ0n) is 18.4. The standard InChI is InChI=1S/C26H20ClN3O3S/c1-33-20-6-5-17-13-19(4-3-18(17)14-20)25-24(16-9-11-28-12-10-16)29-26(30-25)22-8-7-21(15-23(22)27)34(2,31)32/h3-15H,1-2H3,(H,29,30). The van der Waals surface area contributed by atoms with E-state index in [1.165, 1.54) is 12.1 Å². The van der Waals surface area contributed by atoms with Crippen LogP contribution in [0.5, 0.6) is 5.75 Å². The van der Waals surface area contributed by atoms with Crippen molar-refractivity contribution < 1.29 is 13.2 Å². The second kappa shape index (κ2) is 8.59. The van der Waals surface area contributed by atoms with Gasteiger partial charge in [-0.15, -0.1) is 0 Å². The maximum atomic E-state index is 11.9. The van der Waals surface area contributed by atoms with Crippen molar-refractivity contribution in [1.82, 2.24) is 15.0 Å². The number of fused-ring (bicyclic) bond motifs is 1. The number of nitrogens with one attached hydrogen (secondary N) is 1. The summed E-state index contributed by atoms with van der Waals surface area (Å²) in [5, 5.41) is 2.41. The van der Waals surface area contributed by atoms with Crippen molar-refractivity contribution >= 4 is 32.2 Å².